The summed E-state index contributed by atoms with van der Waals surface area (Å²) in [4.78, 5) is 0. The first-order valence-electron chi connectivity index (χ1n) is 4.17. The smallest absolute Gasteiger partial charge is 0.172 e. The number of fused-ring (bicyclic) bond motifs is 1. The van der Waals surface area contributed by atoms with E-state index in [2.05, 4.69) is 0 Å². The van der Waals surface area contributed by atoms with Crippen LogP contribution in [0.1, 0.15) is 0 Å². The maximum absolute atomic E-state index is 13.3. The lowest BCUT2D eigenvalue weighted by molar-refractivity contribution is 0.415. The molecule has 2 aromatic carbocycles. The highest BCUT2D eigenvalue weighted by molar-refractivity contribution is 5.85. The van der Waals surface area contributed by atoms with Gasteiger partial charge in [0.2, 0.25) is 0 Å². The van der Waals surface area contributed by atoms with Crippen LogP contribution in [0.25, 0.3) is 10.8 Å². The number of benzene rings is 2. The molecule has 0 aliphatic carbocycles. The minimum Gasteiger partial charge on any atom is -0.505 e. The number of methoxy groups -OCH3 is 1. The van der Waals surface area contributed by atoms with Crippen LogP contribution in [0.15, 0.2) is 30.3 Å². The van der Waals surface area contributed by atoms with E-state index in [-0.39, 0.29) is 5.75 Å². The van der Waals surface area contributed by atoms with Gasteiger partial charge in [0.15, 0.2) is 11.6 Å². The van der Waals surface area contributed by atoms with E-state index in [1.165, 1.54) is 6.07 Å². The van der Waals surface area contributed by atoms with Gasteiger partial charge in [0.25, 0.3) is 0 Å². The highest BCUT2D eigenvalue weighted by Gasteiger charge is 2.06. The molecule has 0 heterocycles. The molecule has 0 amide bonds. The topological polar surface area (TPSA) is 29.5 Å². The van der Waals surface area contributed by atoms with Gasteiger partial charge in [-0.3, -0.25) is 0 Å². The molecule has 2 nitrogen and oxygen atoms in total. The number of aromatic hydroxyl groups is 1. The Balaban J connectivity index is 2.74. The predicted octanol–water partition coefficient (Wildman–Crippen LogP) is 2.69. The van der Waals surface area contributed by atoms with Crippen LogP contribution in [-0.4, -0.2) is 12.2 Å². The van der Waals surface area contributed by atoms with Gasteiger partial charge in [-0.05, 0) is 29.7 Å². The van der Waals surface area contributed by atoms with E-state index in [1.807, 2.05) is 0 Å². The lowest BCUT2D eigenvalue weighted by Gasteiger charge is -2.04. The van der Waals surface area contributed by atoms with E-state index in [1.54, 1.807) is 31.4 Å². The highest BCUT2D eigenvalue weighted by Crippen LogP contribution is 2.27. The fraction of sp³-hybridized carbons (Fsp3) is 0.0909. The van der Waals surface area contributed by atoms with Gasteiger partial charge >= 0.3 is 0 Å². The molecule has 2 aromatic rings. The second kappa shape index (κ2) is 3.18. The Morgan fingerprint density at radius 2 is 2.00 bits per heavy atom. The minimum atomic E-state index is -0.592. The summed E-state index contributed by atoms with van der Waals surface area (Å²) >= 11 is 0. The predicted molar refractivity (Wildman–Crippen MR) is 52.1 cm³/mol. The Hall–Kier alpha value is -1.77. The molecular formula is C11H9FO2. The van der Waals surface area contributed by atoms with Crippen molar-refractivity contribution in [1.82, 2.24) is 0 Å². The van der Waals surface area contributed by atoms with Crippen molar-refractivity contribution in [2.75, 3.05) is 7.11 Å². The first-order valence-corrected chi connectivity index (χ1v) is 4.17. The third kappa shape index (κ3) is 1.27. The SMILES string of the molecule is COc1ccc2c(F)c(O)ccc2c1. The van der Waals surface area contributed by atoms with Gasteiger partial charge < -0.3 is 9.84 Å². The second-order valence-corrected chi connectivity index (χ2v) is 2.99. The van der Waals surface area contributed by atoms with Gasteiger partial charge in [0.1, 0.15) is 5.75 Å². The van der Waals surface area contributed by atoms with Gasteiger partial charge in [-0.1, -0.05) is 6.07 Å². The van der Waals surface area contributed by atoms with Crippen molar-refractivity contribution < 1.29 is 14.2 Å². The van der Waals surface area contributed by atoms with Crippen molar-refractivity contribution >= 4 is 10.8 Å². The number of phenols is 1. The summed E-state index contributed by atoms with van der Waals surface area (Å²) in [6.07, 6.45) is 0. The van der Waals surface area contributed by atoms with E-state index in [0.29, 0.717) is 16.5 Å². The van der Waals surface area contributed by atoms with E-state index < -0.39 is 5.82 Å². The summed E-state index contributed by atoms with van der Waals surface area (Å²) in [5, 5.41) is 10.2. The standard InChI is InChI=1S/C11H9FO2/c1-14-8-3-4-9-7(6-8)2-5-10(13)11(9)12/h2-6,13H,1H3. The summed E-state index contributed by atoms with van der Waals surface area (Å²) in [5.74, 6) is -0.254. The summed E-state index contributed by atoms with van der Waals surface area (Å²) in [6, 6.07) is 7.94. The Bertz CT molecular complexity index is 480. The maximum atomic E-state index is 13.3. The summed E-state index contributed by atoms with van der Waals surface area (Å²) in [7, 11) is 1.55. The lowest BCUT2D eigenvalue weighted by atomic mass is 10.1. The van der Waals surface area contributed by atoms with Crippen LogP contribution in [0.5, 0.6) is 11.5 Å². The van der Waals surface area contributed by atoms with Crippen molar-refractivity contribution in [1.29, 1.82) is 0 Å². The Morgan fingerprint density at radius 3 is 2.71 bits per heavy atom. The largest absolute Gasteiger partial charge is 0.505 e. The van der Waals surface area contributed by atoms with Crippen LogP contribution >= 0.6 is 0 Å². The molecule has 14 heavy (non-hydrogen) atoms. The monoisotopic (exact) mass is 192 g/mol. The minimum absolute atomic E-state index is 0.331. The maximum Gasteiger partial charge on any atom is 0.172 e. The molecular weight excluding hydrogens is 183 g/mol. The van der Waals surface area contributed by atoms with Crippen LogP contribution < -0.4 is 4.74 Å². The van der Waals surface area contributed by atoms with Gasteiger partial charge in [0.05, 0.1) is 7.11 Å². The second-order valence-electron chi connectivity index (χ2n) is 2.99. The lowest BCUT2D eigenvalue weighted by Crippen LogP contribution is -1.84. The zero-order valence-electron chi connectivity index (χ0n) is 7.62. The third-order valence-corrected chi connectivity index (χ3v) is 2.14. The number of phenolic OH excluding ortho intramolecular Hbond substituents is 1. The van der Waals surface area contributed by atoms with Crippen LogP contribution in [0, 0.1) is 5.82 Å². The normalized spacial score (nSPS) is 10.4. The van der Waals surface area contributed by atoms with Crippen molar-refractivity contribution in [2.24, 2.45) is 0 Å². The summed E-state index contributed by atoms with van der Waals surface area (Å²) in [5.41, 5.74) is 0. The zero-order valence-corrected chi connectivity index (χ0v) is 7.62. The van der Waals surface area contributed by atoms with Crippen molar-refractivity contribution in [2.45, 2.75) is 0 Å². The molecule has 0 aliphatic rings. The number of hydrogen-bond donors (Lipinski definition) is 1. The molecule has 1 N–H and O–H groups in total. The van der Waals surface area contributed by atoms with Crippen LogP contribution in [0.3, 0.4) is 0 Å². The van der Waals surface area contributed by atoms with Crippen LogP contribution in [0.2, 0.25) is 0 Å². The summed E-state index contributed by atoms with van der Waals surface area (Å²) < 4.78 is 18.4. The number of hydrogen-bond acceptors (Lipinski definition) is 2. The van der Waals surface area contributed by atoms with Gasteiger partial charge in [-0.15, -0.1) is 0 Å². The van der Waals surface area contributed by atoms with Crippen molar-refractivity contribution in [3.63, 3.8) is 0 Å². The average Bonchev–Trinajstić information content (AvgIpc) is 2.23. The first-order chi connectivity index (χ1) is 6.72. The molecule has 0 aliphatic heterocycles. The number of rotatable bonds is 1. The fourth-order valence-electron chi connectivity index (χ4n) is 1.39. The zero-order chi connectivity index (χ0) is 10.1. The first kappa shape index (κ1) is 8.81. The van der Waals surface area contributed by atoms with Gasteiger partial charge in [-0.25, -0.2) is 4.39 Å². The molecule has 0 aromatic heterocycles. The molecule has 0 saturated heterocycles. The van der Waals surface area contributed by atoms with Gasteiger partial charge in [0, 0.05) is 5.39 Å². The van der Waals surface area contributed by atoms with E-state index in [4.69, 9.17) is 9.84 Å². The van der Waals surface area contributed by atoms with Crippen LogP contribution in [-0.2, 0) is 0 Å². The summed E-state index contributed by atoms with van der Waals surface area (Å²) in [6.45, 7) is 0. The Kier molecular flexibility index (Phi) is 2.00. The van der Waals surface area contributed by atoms with E-state index >= 15 is 0 Å². The van der Waals surface area contributed by atoms with Crippen molar-refractivity contribution in [3.8, 4) is 11.5 Å². The average molecular weight is 192 g/mol. The highest BCUT2D eigenvalue weighted by atomic mass is 19.1. The molecule has 0 saturated carbocycles. The van der Waals surface area contributed by atoms with E-state index in [9.17, 15) is 4.39 Å². The fourth-order valence-corrected chi connectivity index (χ4v) is 1.39. The van der Waals surface area contributed by atoms with Crippen LogP contribution in [0.4, 0.5) is 4.39 Å². The Labute approximate surface area is 80.6 Å². The molecule has 72 valence electrons. The molecule has 3 heteroatoms. The number of halogens is 1. The molecule has 0 bridgehead atoms. The molecule has 0 unspecified atom stereocenters. The molecule has 2 rings (SSSR count). The van der Waals surface area contributed by atoms with E-state index in [0.717, 1.165) is 0 Å². The molecule has 0 radical (unpaired) electrons. The molecule has 0 atom stereocenters. The number of ether oxygens (including phenoxy) is 1. The third-order valence-electron chi connectivity index (χ3n) is 2.14. The van der Waals surface area contributed by atoms with Crippen molar-refractivity contribution in [3.05, 3.63) is 36.1 Å². The molecule has 0 spiro atoms. The Morgan fingerprint density at radius 1 is 1.21 bits per heavy atom. The quantitative estimate of drug-likeness (QED) is 0.752. The van der Waals surface area contributed by atoms with Gasteiger partial charge in [-0.2, -0.15) is 0 Å². The molecule has 0 fully saturated rings.